The predicted octanol–water partition coefficient (Wildman–Crippen LogP) is 1.71. The van der Waals surface area contributed by atoms with Crippen LogP contribution in [0, 0.1) is 0 Å². The summed E-state index contributed by atoms with van der Waals surface area (Å²) in [6.07, 6.45) is 1.66. The van der Waals surface area contributed by atoms with Crippen LogP contribution in [0.5, 0.6) is 0 Å². The van der Waals surface area contributed by atoms with E-state index in [1.54, 1.807) is 12.3 Å². The second kappa shape index (κ2) is 4.41. The molecule has 0 N–H and O–H groups in total. The molecule has 0 radical (unpaired) electrons. The van der Waals surface area contributed by atoms with Crippen LogP contribution in [0.1, 0.15) is 7.43 Å². The summed E-state index contributed by atoms with van der Waals surface area (Å²) in [5, 5.41) is 3.61. The van der Waals surface area contributed by atoms with Crippen molar-refractivity contribution in [1.82, 2.24) is 4.98 Å². The Hall–Kier alpha value is -1.47. The molecule has 0 aliphatic carbocycles. The molecule has 0 saturated heterocycles. The Labute approximate surface area is 60.2 Å². The molecule has 1 aromatic rings. The van der Waals surface area contributed by atoms with Crippen LogP contribution in [-0.4, -0.2) is 16.5 Å². The second-order valence-electron chi connectivity index (χ2n) is 1.43. The van der Waals surface area contributed by atoms with Gasteiger partial charge in [-0.05, 0) is 12.1 Å². The maximum Gasteiger partial charge on any atom is 0.296 e. The van der Waals surface area contributed by atoms with Crippen LogP contribution in [0.4, 0.5) is 5.82 Å². The van der Waals surface area contributed by atoms with Gasteiger partial charge in [0.05, 0.1) is 0 Å². The molecule has 0 saturated carbocycles. The van der Waals surface area contributed by atoms with E-state index < -0.39 is 0 Å². The van der Waals surface area contributed by atoms with Crippen LogP contribution in [0.25, 0.3) is 0 Å². The zero-order chi connectivity index (χ0) is 6.53. The summed E-state index contributed by atoms with van der Waals surface area (Å²) >= 11 is 0. The number of hydrogen-bond acceptors (Lipinski definition) is 2. The van der Waals surface area contributed by atoms with Crippen LogP contribution < -0.4 is 0 Å². The van der Waals surface area contributed by atoms with Crippen molar-refractivity contribution in [2.45, 2.75) is 7.43 Å². The maximum absolute atomic E-state index is 3.87. The molecule has 0 atom stereocenters. The highest BCUT2D eigenvalue weighted by Gasteiger charge is 1.88. The van der Waals surface area contributed by atoms with Gasteiger partial charge >= 0.3 is 0 Å². The summed E-state index contributed by atoms with van der Waals surface area (Å²) in [5.41, 5.74) is 0. The Balaban J connectivity index is 0.000000810. The standard InChI is InChI=1S/C6H6N3.CH4/c1-7-9-6-4-2-3-5-8-6;/h2-5H,1H2;1H4/q+1;. The number of pyridine rings is 1. The molecule has 0 bridgehead atoms. The molecule has 3 heteroatoms. The third-order valence-electron chi connectivity index (χ3n) is 0.822. The molecule has 0 spiro atoms. The Kier molecular flexibility index (Phi) is 3.76. The fraction of sp³-hybridized carbons (Fsp3) is 0.143. The molecule has 3 nitrogen and oxygen atoms in total. The molecule has 0 amide bonds. The van der Waals surface area contributed by atoms with Crippen molar-refractivity contribution in [3.63, 3.8) is 0 Å². The van der Waals surface area contributed by atoms with Crippen molar-refractivity contribution >= 4 is 12.5 Å². The zero-order valence-electron chi connectivity index (χ0n) is 4.86. The molecule has 0 aliphatic heterocycles. The fourth-order valence-electron chi connectivity index (χ4n) is 0.485. The topological polar surface area (TPSA) is 39.4 Å². The average Bonchev–Trinajstić information content (AvgIpc) is 1.91. The van der Waals surface area contributed by atoms with Gasteiger partial charge in [0.15, 0.2) is 0 Å². The minimum absolute atomic E-state index is 0. The van der Waals surface area contributed by atoms with Gasteiger partial charge in [0.1, 0.15) is 5.11 Å². The quantitative estimate of drug-likeness (QED) is 0.329. The van der Waals surface area contributed by atoms with Gasteiger partial charge in [-0.3, -0.25) is 0 Å². The van der Waals surface area contributed by atoms with Gasteiger partial charge < -0.3 is 0 Å². The average molecular weight is 136 g/mol. The maximum atomic E-state index is 3.87. The van der Waals surface area contributed by atoms with Crippen LogP contribution in [0.2, 0.25) is 0 Å². The molecule has 52 valence electrons. The third-order valence-corrected chi connectivity index (χ3v) is 0.822. The first-order valence-electron chi connectivity index (χ1n) is 2.51. The van der Waals surface area contributed by atoms with Crippen LogP contribution >= 0.6 is 0 Å². The number of aromatic nitrogens is 1. The van der Waals surface area contributed by atoms with E-state index in [2.05, 4.69) is 21.6 Å². The SMILES string of the molecule is C.C=[N+]=Nc1ccccn1. The predicted molar refractivity (Wildman–Crippen MR) is 40.4 cm³/mol. The fourth-order valence-corrected chi connectivity index (χ4v) is 0.485. The molecule has 0 aromatic carbocycles. The van der Waals surface area contributed by atoms with E-state index in [0.29, 0.717) is 5.82 Å². The van der Waals surface area contributed by atoms with Crippen molar-refractivity contribution in [2.75, 3.05) is 0 Å². The van der Waals surface area contributed by atoms with Gasteiger partial charge in [0.25, 0.3) is 6.72 Å². The molecule has 0 aliphatic rings. The summed E-state index contributed by atoms with van der Waals surface area (Å²) in [6, 6.07) is 5.42. The van der Waals surface area contributed by atoms with E-state index in [-0.39, 0.29) is 7.43 Å². The van der Waals surface area contributed by atoms with Crippen molar-refractivity contribution in [3.05, 3.63) is 24.4 Å². The van der Waals surface area contributed by atoms with Gasteiger partial charge in [0, 0.05) is 11.0 Å². The Morgan fingerprint density at radius 1 is 1.50 bits per heavy atom. The van der Waals surface area contributed by atoms with Gasteiger partial charge in [-0.15, -0.1) is 0 Å². The van der Waals surface area contributed by atoms with Crippen LogP contribution in [0.3, 0.4) is 0 Å². The molecule has 1 aromatic heterocycles. The summed E-state index contributed by atoms with van der Waals surface area (Å²) in [4.78, 5) is 7.19. The van der Waals surface area contributed by atoms with Crippen LogP contribution in [0.15, 0.2) is 29.5 Å². The summed E-state index contributed by atoms with van der Waals surface area (Å²) < 4.78 is 0. The molecule has 1 rings (SSSR count). The first kappa shape index (κ1) is 8.53. The van der Waals surface area contributed by atoms with Crippen molar-refractivity contribution in [1.29, 1.82) is 0 Å². The van der Waals surface area contributed by atoms with Gasteiger partial charge in [-0.25, -0.2) is 4.98 Å². The monoisotopic (exact) mass is 136 g/mol. The smallest absolute Gasteiger partial charge is 0.231 e. The second-order valence-corrected chi connectivity index (χ2v) is 1.43. The van der Waals surface area contributed by atoms with Gasteiger partial charge in [-0.2, -0.15) is 0 Å². The molecule has 1 heterocycles. The number of nitrogens with zero attached hydrogens (tertiary/aromatic N) is 3. The van der Waals surface area contributed by atoms with E-state index in [4.69, 9.17) is 0 Å². The lowest BCUT2D eigenvalue weighted by atomic mass is 10.5. The van der Waals surface area contributed by atoms with E-state index in [9.17, 15) is 0 Å². The minimum atomic E-state index is 0. The molecular formula is C7H10N3+. The van der Waals surface area contributed by atoms with E-state index >= 15 is 0 Å². The van der Waals surface area contributed by atoms with Gasteiger partial charge in [-0.1, -0.05) is 13.5 Å². The normalized spacial score (nSPS) is 7.20. The highest BCUT2D eigenvalue weighted by Crippen LogP contribution is 2.01. The third kappa shape index (κ3) is 2.20. The first-order chi connectivity index (χ1) is 4.43. The van der Waals surface area contributed by atoms with Crippen molar-refractivity contribution in [3.8, 4) is 0 Å². The number of hydrogen-bond donors (Lipinski definition) is 0. The van der Waals surface area contributed by atoms with E-state index in [1.807, 2.05) is 12.1 Å². The van der Waals surface area contributed by atoms with Crippen LogP contribution in [-0.2, 0) is 0 Å². The van der Waals surface area contributed by atoms with E-state index in [0.717, 1.165) is 0 Å². The van der Waals surface area contributed by atoms with Crippen molar-refractivity contribution in [2.24, 2.45) is 5.11 Å². The largest absolute Gasteiger partial charge is 0.296 e. The number of rotatable bonds is 1. The molecule has 0 fully saturated rings. The van der Waals surface area contributed by atoms with Gasteiger partial charge in [0.2, 0.25) is 5.82 Å². The lowest BCUT2D eigenvalue weighted by molar-refractivity contribution is -0.0639. The summed E-state index contributed by atoms with van der Waals surface area (Å²) in [7, 11) is 0. The highest BCUT2D eigenvalue weighted by atomic mass is 15.1. The zero-order valence-corrected chi connectivity index (χ0v) is 4.86. The lowest BCUT2D eigenvalue weighted by Gasteiger charge is -1.77. The Morgan fingerprint density at radius 3 is 2.80 bits per heavy atom. The van der Waals surface area contributed by atoms with E-state index in [1.165, 1.54) is 0 Å². The first-order valence-corrected chi connectivity index (χ1v) is 2.51. The minimum Gasteiger partial charge on any atom is -0.231 e. The summed E-state index contributed by atoms with van der Waals surface area (Å²) in [6.45, 7) is 3.20. The molecular weight excluding hydrogens is 126 g/mol. The lowest BCUT2D eigenvalue weighted by Crippen LogP contribution is -1.68. The molecule has 10 heavy (non-hydrogen) atoms. The molecule has 0 unspecified atom stereocenters. The highest BCUT2D eigenvalue weighted by molar-refractivity contribution is 5.23. The summed E-state index contributed by atoms with van der Waals surface area (Å²) in [5.74, 6) is 0.590. The van der Waals surface area contributed by atoms with Crippen molar-refractivity contribution < 1.29 is 4.79 Å². The Morgan fingerprint density at radius 2 is 2.30 bits per heavy atom. The Bertz CT molecular complexity index is 224.